The number of alkyl halides is 3. The third kappa shape index (κ3) is 7.86. The minimum Gasteiger partial charge on any atom is -0.352 e. The minimum absolute atomic E-state index is 0.117. The molecule has 0 unspecified atom stereocenters. The van der Waals surface area contributed by atoms with Crippen molar-refractivity contribution in [1.82, 2.24) is 10.2 Å². The summed E-state index contributed by atoms with van der Waals surface area (Å²) in [6, 6.07) is 9.14. The fraction of sp³-hybridized carbons (Fsp3) is 0.417. The number of hydrogen-bond donors (Lipinski definition) is 1. The van der Waals surface area contributed by atoms with Gasteiger partial charge in [0.1, 0.15) is 12.6 Å². The van der Waals surface area contributed by atoms with Gasteiger partial charge in [0.25, 0.3) is 0 Å². The number of sulfonamides is 1. The molecule has 2 atom stereocenters. The van der Waals surface area contributed by atoms with E-state index in [0.29, 0.717) is 27.4 Å². The molecule has 0 aromatic heterocycles. The third-order valence-corrected chi connectivity index (χ3v) is 7.12. The van der Waals surface area contributed by atoms with Crippen LogP contribution in [0.25, 0.3) is 0 Å². The summed E-state index contributed by atoms with van der Waals surface area (Å²) in [5.74, 6) is -1.25. The van der Waals surface area contributed by atoms with Crippen molar-refractivity contribution in [3.8, 4) is 0 Å². The van der Waals surface area contributed by atoms with Crippen molar-refractivity contribution in [3.63, 3.8) is 0 Å². The molecule has 12 heteroatoms. The number of nitrogens with zero attached hydrogens (tertiary/aromatic N) is 2. The van der Waals surface area contributed by atoms with E-state index in [1.807, 2.05) is 6.92 Å². The van der Waals surface area contributed by atoms with Gasteiger partial charge in [0.2, 0.25) is 21.8 Å². The van der Waals surface area contributed by atoms with E-state index in [0.717, 1.165) is 23.3 Å². The lowest BCUT2D eigenvalue weighted by Crippen LogP contribution is -2.52. The van der Waals surface area contributed by atoms with Crippen molar-refractivity contribution in [2.24, 2.45) is 0 Å². The zero-order valence-corrected chi connectivity index (χ0v) is 21.9. The first-order valence-electron chi connectivity index (χ1n) is 11.1. The Morgan fingerprint density at radius 2 is 1.72 bits per heavy atom. The molecule has 36 heavy (non-hydrogen) atoms. The van der Waals surface area contributed by atoms with Gasteiger partial charge in [-0.15, -0.1) is 0 Å². The maximum absolute atomic E-state index is 13.4. The smallest absolute Gasteiger partial charge is 0.352 e. The number of nitrogens with one attached hydrogen (secondary N) is 1. The van der Waals surface area contributed by atoms with Crippen LogP contribution in [-0.2, 0) is 32.3 Å². The Balaban J connectivity index is 2.45. The quantitative estimate of drug-likeness (QED) is 0.476. The van der Waals surface area contributed by atoms with Gasteiger partial charge < -0.3 is 10.2 Å². The van der Waals surface area contributed by atoms with Gasteiger partial charge in [-0.25, -0.2) is 8.42 Å². The molecule has 2 amide bonds. The average Bonchev–Trinajstić information content (AvgIpc) is 2.80. The van der Waals surface area contributed by atoms with Crippen molar-refractivity contribution < 1.29 is 31.2 Å². The van der Waals surface area contributed by atoms with Gasteiger partial charge in [-0.05, 0) is 50.1 Å². The number of halogens is 4. The summed E-state index contributed by atoms with van der Waals surface area (Å²) in [5.41, 5.74) is -0.869. The Bertz CT molecular complexity index is 1190. The molecule has 0 heterocycles. The van der Waals surface area contributed by atoms with Gasteiger partial charge in [-0.2, -0.15) is 13.2 Å². The van der Waals surface area contributed by atoms with E-state index in [1.165, 1.54) is 13.0 Å². The summed E-state index contributed by atoms with van der Waals surface area (Å²) in [5, 5.41) is 3.12. The molecule has 2 aromatic rings. The van der Waals surface area contributed by atoms with Gasteiger partial charge in [0.15, 0.2) is 0 Å². The van der Waals surface area contributed by atoms with E-state index in [1.54, 1.807) is 31.2 Å². The van der Waals surface area contributed by atoms with Crippen molar-refractivity contribution in [2.45, 2.75) is 52.0 Å². The molecule has 0 bridgehead atoms. The summed E-state index contributed by atoms with van der Waals surface area (Å²) < 4.78 is 65.3. The monoisotopic (exact) mass is 547 g/mol. The largest absolute Gasteiger partial charge is 0.416 e. The van der Waals surface area contributed by atoms with Crippen LogP contribution < -0.4 is 9.62 Å². The minimum atomic E-state index is -4.71. The van der Waals surface area contributed by atoms with Crippen LogP contribution in [-0.4, -0.2) is 50.0 Å². The summed E-state index contributed by atoms with van der Waals surface area (Å²) in [6.45, 7) is 4.23. The lowest BCUT2D eigenvalue weighted by molar-refractivity contribution is -0.139. The van der Waals surface area contributed by atoms with Gasteiger partial charge in [-0.3, -0.25) is 13.9 Å². The number of carbonyl (C=O) groups excluding carboxylic acids is 2. The number of anilines is 1. The summed E-state index contributed by atoms with van der Waals surface area (Å²) in [7, 11) is -4.17. The molecule has 2 rings (SSSR count). The highest BCUT2D eigenvalue weighted by atomic mass is 35.5. The Hall–Kier alpha value is -2.79. The van der Waals surface area contributed by atoms with E-state index in [-0.39, 0.29) is 18.3 Å². The second kappa shape index (κ2) is 12.0. The number of hydrogen-bond acceptors (Lipinski definition) is 4. The fourth-order valence-corrected chi connectivity index (χ4v) is 4.35. The fourth-order valence-electron chi connectivity index (χ4n) is 3.31. The topological polar surface area (TPSA) is 86.8 Å². The third-order valence-electron chi connectivity index (χ3n) is 5.61. The molecule has 0 radical (unpaired) electrons. The van der Waals surface area contributed by atoms with Gasteiger partial charge in [-0.1, -0.05) is 42.8 Å². The van der Waals surface area contributed by atoms with Crippen molar-refractivity contribution >= 4 is 39.1 Å². The second-order valence-corrected chi connectivity index (χ2v) is 10.7. The van der Waals surface area contributed by atoms with Gasteiger partial charge in [0, 0.05) is 17.6 Å². The van der Waals surface area contributed by atoms with Gasteiger partial charge in [0.05, 0.1) is 17.5 Å². The van der Waals surface area contributed by atoms with E-state index >= 15 is 0 Å². The first-order chi connectivity index (χ1) is 16.6. The van der Waals surface area contributed by atoms with Crippen LogP contribution in [0.1, 0.15) is 38.3 Å². The lowest BCUT2D eigenvalue weighted by Gasteiger charge is -2.32. The van der Waals surface area contributed by atoms with Crippen LogP contribution in [0.5, 0.6) is 0 Å². The molecule has 0 aliphatic rings. The zero-order chi connectivity index (χ0) is 27.3. The van der Waals surface area contributed by atoms with Crippen molar-refractivity contribution in [1.29, 1.82) is 0 Å². The lowest BCUT2D eigenvalue weighted by atomic mass is 10.1. The predicted octanol–water partition coefficient (Wildman–Crippen LogP) is 4.46. The van der Waals surface area contributed by atoms with E-state index in [4.69, 9.17) is 11.6 Å². The molecule has 0 saturated heterocycles. The molecule has 2 aromatic carbocycles. The first-order valence-corrected chi connectivity index (χ1v) is 13.4. The molecule has 0 saturated carbocycles. The van der Waals surface area contributed by atoms with Crippen LogP contribution in [0.4, 0.5) is 18.9 Å². The normalized spacial score (nSPS) is 13.6. The Morgan fingerprint density at radius 3 is 2.28 bits per heavy atom. The molecule has 1 N–H and O–H groups in total. The van der Waals surface area contributed by atoms with Crippen LogP contribution in [0.3, 0.4) is 0 Å². The first kappa shape index (κ1) is 29.4. The summed E-state index contributed by atoms with van der Waals surface area (Å²) >= 11 is 6.25. The maximum atomic E-state index is 13.4. The highest BCUT2D eigenvalue weighted by molar-refractivity contribution is 7.92. The van der Waals surface area contributed by atoms with Crippen LogP contribution in [0.2, 0.25) is 5.02 Å². The van der Waals surface area contributed by atoms with Crippen LogP contribution >= 0.6 is 11.6 Å². The molecular formula is C24H29ClF3N3O4S. The molecule has 0 spiro atoms. The second-order valence-electron chi connectivity index (χ2n) is 8.42. The Morgan fingerprint density at radius 1 is 1.08 bits per heavy atom. The van der Waals surface area contributed by atoms with Crippen LogP contribution in [0.15, 0.2) is 48.5 Å². The summed E-state index contributed by atoms with van der Waals surface area (Å²) in [6.07, 6.45) is -3.27. The maximum Gasteiger partial charge on any atom is 0.416 e. The molecule has 0 aliphatic heterocycles. The predicted molar refractivity (Wildman–Crippen MR) is 133 cm³/mol. The molecule has 0 aliphatic carbocycles. The molecule has 198 valence electrons. The Labute approximate surface area is 214 Å². The number of amides is 2. The zero-order valence-electron chi connectivity index (χ0n) is 20.3. The number of rotatable bonds is 10. The van der Waals surface area contributed by atoms with E-state index < -0.39 is 46.2 Å². The van der Waals surface area contributed by atoms with Crippen molar-refractivity contribution in [2.75, 3.05) is 17.1 Å². The van der Waals surface area contributed by atoms with Crippen LogP contribution in [0, 0.1) is 0 Å². The van der Waals surface area contributed by atoms with Gasteiger partial charge >= 0.3 is 6.18 Å². The van der Waals surface area contributed by atoms with E-state index in [9.17, 15) is 31.2 Å². The molecule has 7 nitrogen and oxygen atoms in total. The highest BCUT2D eigenvalue weighted by Crippen LogP contribution is 2.32. The SMILES string of the molecule is CC[C@H](C)NC(=O)[C@@H](C)N(Cc1ccccc1Cl)C(=O)CN(c1cccc(C(F)(F)F)c1)S(C)(=O)=O. The van der Waals surface area contributed by atoms with Crippen molar-refractivity contribution in [3.05, 3.63) is 64.7 Å². The Kier molecular flexibility index (Phi) is 9.78. The average molecular weight is 548 g/mol. The standard InChI is InChI=1S/C24H29ClF3N3O4S/c1-5-16(2)29-23(33)17(3)30(14-18-9-6-7-12-21(18)25)22(32)15-31(36(4,34)35)20-11-8-10-19(13-20)24(26,27)28/h6-13,16-17H,5,14-15H2,1-4H3,(H,29,33)/t16-,17+/m0/s1. The molecule has 0 fully saturated rings. The number of carbonyl (C=O) groups is 2. The van der Waals surface area contributed by atoms with E-state index in [2.05, 4.69) is 5.32 Å². The summed E-state index contributed by atoms with van der Waals surface area (Å²) in [4.78, 5) is 27.5. The highest BCUT2D eigenvalue weighted by Gasteiger charge is 2.34. The molecular weight excluding hydrogens is 519 g/mol. The number of benzene rings is 2.